The summed E-state index contributed by atoms with van der Waals surface area (Å²) in [6.07, 6.45) is 0. The molecule has 0 aliphatic carbocycles. The highest BCUT2D eigenvalue weighted by Crippen LogP contribution is 2.23. The standard InChI is InChI=1S/C10H11FO3S/c1-2-14-6-15-9-5-7(10(12)13)3-4-8(9)11/h3-5H,2,6H2,1H3,(H,12,13). The second kappa shape index (κ2) is 5.72. The minimum absolute atomic E-state index is 0.0791. The highest BCUT2D eigenvalue weighted by Gasteiger charge is 2.08. The van der Waals surface area contributed by atoms with Crippen LogP contribution in [0.1, 0.15) is 17.3 Å². The van der Waals surface area contributed by atoms with Crippen LogP contribution < -0.4 is 0 Å². The fourth-order valence-corrected chi connectivity index (χ4v) is 1.73. The number of thioether (sulfide) groups is 1. The molecule has 0 amide bonds. The molecule has 0 saturated heterocycles. The molecule has 0 aromatic heterocycles. The summed E-state index contributed by atoms with van der Waals surface area (Å²) in [6, 6.07) is 3.70. The Bertz CT molecular complexity index is 355. The van der Waals surface area contributed by atoms with Crippen LogP contribution in [0.25, 0.3) is 0 Å². The van der Waals surface area contributed by atoms with Crippen molar-refractivity contribution in [2.75, 3.05) is 12.5 Å². The molecule has 0 heterocycles. The van der Waals surface area contributed by atoms with E-state index in [4.69, 9.17) is 9.84 Å². The average Bonchev–Trinajstić information content (AvgIpc) is 2.20. The molecule has 15 heavy (non-hydrogen) atoms. The van der Waals surface area contributed by atoms with E-state index >= 15 is 0 Å². The van der Waals surface area contributed by atoms with E-state index in [0.29, 0.717) is 17.4 Å². The SMILES string of the molecule is CCOCSc1cc(C(=O)O)ccc1F. The summed E-state index contributed by atoms with van der Waals surface area (Å²) in [5.74, 6) is -1.17. The van der Waals surface area contributed by atoms with Gasteiger partial charge in [-0.2, -0.15) is 0 Å². The third-order valence-corrected chi connectivity index (χ3v) is 2.59. The quantitative estimate of drug-likeness (QED) is 0.480. The van der Waals surface area contributed by atoms with Gasteiger partial charge in [-0.25, -0.2) is 9.18 Å². The van der Waals surface area contributed by atoms with E-state index in [1.165, 1.54) is 12.1 Å². The first-order valence-corrected chi connectivity index (χ1v) is 5.37. The van der Waals surface area contributed by atoms with Crippen LogP contribution >= 0.6 is 11.8 Å². The number of hydrogen-bond acceptors (Lipinski definition) is 3. The second-order valence-corrected chi connectivity index (χ2v) is 3.67. The molecule has 1 N–H and O–H groups in total. The van der Waals surface area contributed by atoms with Gasteiger partial charge in [0.1, 0.15) is 5.82 Å². The zero-order chi connectivity index (χ0) is 11.3. The van der Waals surface area contributed by atoms with Crippen molar-refractivity contribution in [1.82, 2.24) is 0 Å². The fourth-order valence-electron chi connectivity index (χ4n) is 0.935. The number of benzene rings is 1. The molecule has 5 heteroatoms. The average molecular weight is 230 g/mol. The second-order valence-electron chi connectivity index (χ2n) is 2.71. The Balaban J connectivity index is 2.76. The van der Waals surface area contributed by atoms with E-state index in [0.717, 1.165) is 17.8 Å². The Labute approximate surface area is 91.2 Å². The third-order valence-electron chi connectivity index (χ3n) is 1.68. The molecule has 0 unspecified atom stereocenters. The summed E-state index contributed by atoms with van der Waals surface area (Å²) >= 11 is 1.14. The van der Waals surface area contributed by atoms with E-state index in [2.05, 4.69) is 0 Å². The molecule has 0 fully saturated rings. The Kier molecular flexibility index (Phi) is 4.58. The van der Waals surface area contributed by atoms with Gasteiger partial charge < -0.3 is 9.84 Å². The van der Waals surface area contributed by atoms with Gasteiger partial charge in [0.15, 0.2) is 0 Å². The van der Waals surface area contributed by atoms with Gasteiger partial charge in [0, 0.05) is 11.5 Å². The van der Waals surface area contributed by atoms with Crippen LogP contribution in [-0.2, 0) is 4.74 Å². The first kappa shape index (κ1) is 12.0. The highest BCUT2D eigenvalue weighted by atomic mass is 32.2. The summed E-state index contributed by atoms with van der Waals surface area (Å²) in [4.78, 5) is 10.9. The van der Waals surface area contributed by atoms with Crippen LogP contribution in [0, 0.1) is 5.82 Å². The molecular weight excluding hydrogens is 219 g/mol. The first-order valence-electron chi connectivity index (χ1n) is 4.38. The third kappa shape index (κ3) is 3.53. The summed E-state index contributed by atoms with van der Waals surface area (Å²) in [6.45, 7) is 2.39. The van der Waals surface area contributed by atoms with Crippen molar-refractivity contribution in [2.45, 2.75) is 11.8 Å². The molecule has 1 rings (SSSR count). The van der Waals surface area contributed by atoms with Gasteiger partial charge in [-0.05, 0) is 25.1 Å². The maximum atomic E-state index is 13.2. The van der Waals surface area contributed by atoms with Gasteiger partial charge in [0.05, 0.1) is 11.5 Å². The smallest absolute Gasteiger partial charge is 0.335 e. The number of halogens is 1. The van der Waals surface area contributed by atoms with Gasteiger partial charge in [0.2, 0.25) is 0 Å². The van der Waals surface area contributed by atoms with Crippen LogP contribution in [0.4, 0.5) is 4.39 Å². The van der Waals surface area contributed by atoms with E-state index in [1.807, 2.05) is 6.92 Å². The number of carboxylic acid groups (broad SMARTS) is 1. The van der Waals surface area contributed by atoms with Crippen molar-refractivity contribution in [3.8, 4) is 0 Å². The maximum absolute atomic E-state index is 13.2. The number of ether oxygens (including phenoxy) is 1. The fraction of sp³-hybridized carbons (Fsp3) is 0.300. The van der Waals surface area contributed by atoms with E-state index in [1.54, 1.807) is 0 Å². The zero-order valence-electron chi connectivity index (χ0n) is 8.20. The normalized spacial score (nSPS) is 10.3. The Hall–Kier alpha value is -1.07. The predicted octanol–water partition coefficient (Wildman–Crippen LogP) is 2.61. The zero-order valence-corrected chi connectivity index (χ0v) is 9.01. The Morgan fingerprint density at radius 3 is 2.93 bits per heavy atom. The molecule has 0 atom stereocenters. The van der Waals surface area contributed by atoms with Gasteiger partial charge in [-0.1, -0.05) is 11.8 Å². The maximum Gasteiger partial charge on any atom is 0.335 e. The lowest BCUT2D eigenvalue weighted by Crippen LogP contribution is -1.98. The van der Waals surface area contributed by atoms with Gasteiger partial charge in [-0.3, -0.25) is 0 Å². The van der Waals surface area contributed by atoms with Gasteiger partial charge in [0.25, 0.3) is 0 Å². The largest absolute Gasteiger partial charge is 0.478 e. The molecule has 0 aliphatic rings. The lowest BCUT2D eigenvalue weighted by Gasteiger charge is -2.04. The van der Waals surface area contributed by atoms with Crippen molar-refractivity contribution in [2.24, 2.45) is 0 Å². The number of carboxylic acids is 1. The molecule has 1 aromatic carbocycles. The summed E-state index contributed by atoms with van der Waals surface area (Å²) in [5, 5.41) is 8.71. The molecule has 0 bridgehead atoms. The van der Waals surface area contributed by atoms with Crippen molar-refractivity contribution in [1.29, 1.82) is 0 Å². The van der Waals surface area contributed by atoms with Crippen molar-refractivity contribution < 1.29 is 19.0 Å². The number of rotatable bonds is 5. The van der Waals surface area contributed by atoms with Gasteiger partial charge in [-0.15, -0.1) is 0 Å². The molecular formula is C10H11FO3S. The van der Waals surface area contributed by atoms with E-state index in [-0.39, 0.29) is 5.56 Å². The van der Waals surface area contributed by atoms with Crippen LogP contribution in [0.5, 0.6) is 0 Å². The molecule has 1 aromatic rings. The molecule has 0 radical (unpaired) electrons. The minimum Gasteiger partial charge on any atom is -0.478 e. The number of carbonyl (C=O) groups is 1. The van der Waals surface area contributed by atoms with E-state index in [9.17, 15) is 9.18 Å². The topological polar surface area (TPSA) is 46.5 Å². The molecule has 3 nitrogen and oxygen atoms in total. The van der Waals surface area contributed by atoms with Crippen molar-refractivity contribution >= 4 is 17.7 Å². The summed E-state index contributed by atoms with van der Waals surface area (Å²) < 4.78 is 18.2. The van der Waals surface area contributed by atoms with Crippen LogP contribution in [-0.4, -0.2) is 23.6 Å². The number of aromatic carboxylic acids is 1. The number of hydrogen-bond donors (Lipinski definition) is 1. The van der Waals surface area contributed by atoms with Crippen molar-refractivity contribution in [3.63, 3.8) is 0 Å². The minimum atomic E-state index is -1.06. The van der Waals surface area contributed by atoms with Crippen LogP contribution in [0.2, 0.25) is 0 Å². The van der Waals surface area contributed by atoms with Crippen molar-refractivity contribution in [3.05, 3.63) is 29.6 Å². The summed E-state index contributed by atoms with van der Waals surface area (Å²) in [5.41, 5.74) is 0.0791. The first-order chi connectivity index (χ1) is 7.15. The molecule has 0 spiro atoms. The van der Waals surface area contributed by atoms with Crippen LogP contribution in [0.15, 0.2) is 23.1 Å². The van der Waals surface area contributed by atoms with E-state index < -0.39 is 11.8 Å². The lowest BCUT2D eigenvalue weighted by molar-refractivity contribution is 0.0696. The molecule has 0 aliphatic heterocycles. The Morgan fingerprint density at radius 2 is 2.33 bits per heavy atom. The predicted molar refractivity (Wildman–Crippen MR) is 55.7 cm³/mol. The molecule has 0 saturated carbocycles. The van der Waals surface area contributed by atoms with Crippen LogP contribution in [0.3, 0.4) is 0 Å². The Morgan fingerprint density at radius 1 is 1.60 bits per heavy atom. The lowest BCUT2D eigenvalue weighted by atomic mass is 10.2. The monoisotopic (exact) mass is 230 g/mol. The highest BCUT2D eigenvalue weighted by molar-refractivity contribution is 7.99. The van der Waals surface area contributed by atoms with Gasteiger partial charge >= 0.3 is 5.97 Å². The summed E-state index contributed by atoms with van der Waals surface area (Å²) in [7, 11) is 0. The molecule has 82 valence electrons.